The highest BCUT2D eigenvalue weighted by atomic mass is 35.5. The van der Waals surface area contributed by atoms with Crippen LogP contribution in [0.25, 0.3) is 22.5 Å². The van der Waals surface area contributed by atoms with Crippen LogP contribution in [0.1, 0.15) is 63.9 Å². The van der Waals surface area contributed by atoms with Crippen molar-refractivity contribution in [3.05, 3.63) is 93.4 Å². The summed E-state index contributed by atoms with van der Waals surface area (Å²) in [5, 5.41) is 6.87. The fourth-order valence-electron chi connectivity index (χ4n) is 4.59. The third-order valence-corrected chi connectivity index (χ3v) is 7.45. The van der Waals surface area contributed by atoms with Gasteiger partial charge < -0.3 is 4.74 Å². The molecule has 38 heavy (non-hydrogen) atoms. The number of hydrogen-bond acceptors (Lipinski definition) is 2. The molecule has 0 aliphatic carbocycles. The predicted molar refractivity (Wildman–Crippen MR) is 162 cm³/mol. The quantitative estimate of drug-likeness (QED) is 0.141. The number of nitrogens with zero attached hydrogens (tertiary/aromatic N) is 2. The highest BCUT2D eigenvalue weighted by Gasteiger charge is 2.17. The molecule has 0 saturated heterocycles. The van der Waals surface area contributed by atoms with Crippen LogP contribution in [0, 0.1) is 0 Å². The largest absolute Gasteiger partial charge is 0.488 e. The van der Waals surface area contributed by atoms with Crippen LogP contribution in [-0.2, 0) is 13.2 Å². The lowest BCUT2D eigenvalue weighted by atomic mass is 10.1. The molecular weight excluding hydrogens is 535 g/mol. The van der Waals surface area contributed by atoms with Gasteiger partial charge >= 0.3 is 0 Å². The maximum absolute atomic E-state index is 6.64. The molecule has 0 N–H and O–H groups in total. The summed E-state index contributed by atoms with van der Waals surface area (Å²) in [6.45, 7) is 3.52. The molecule has 0 spiro atoms. The van der Waals surface area contributed by atoms with E-state index in [9.17, 15) is 0 Å². The Morgan fingerprint density at radius 1 is 0.711 bits per heavy atom. The smallest absolute Gasteiger partial charge is 0.130 e. The minimum absolute atomic E-state index is 0.447. The van der Waals surface area contributed by atoms with Crippen LogP contribution in [0.15, 0.2) is 72.8 Å². The van der Waals surface area contributed by atoms with Crippen molar-refractivity contribution in [3.8, 4) is 28.3 Å². The van der Waals surface area contributed by atoms with Crippen LogP contribution in [0.4, 0.5) is 0 Å². The summed E-state index contributed by atoms with van der Waals surface area (Å²) in [7, 11) is 0. The van der Waals surface area contributed by atoms with E-state index in [1.165, 1.54) is 44.9 Å². The zero-order chi connectivity index (χ0) is 26.7. The summed E-state index contributed by atoms with van der Waals surface area (Å²) in [6, 6.07) is 23.5. The summed E-state index contributed by atoms with van der Waals surface area (Å²) in [5.41, 5.74) is 4.69. The summed E-state index contributed by atoms with van der Waals surface area (Å²) in [4.78, 5) is 0. The van der Waals surface area contributed by atoms with Crippen molar-refractivity contribution < 1.29 is 4.74 Å². The molecule has 0 saturated carbocycles. The van der Waals surface area contributed by atoms with Gasteiger partial charge in [0.25, 0.3) is 0 Å². The van der Waals surface area contributed by atoms with Gasteiger partial charge in [-0.1, -0.05) is 117 Å². The first-order chi connectivity index (χ1) is 18.5. The molecule has 3 nitrogen and oxygen atoms in total. The van der Waals surface area contributed by atoms with Gasteiger partial charge in [0, 0.05) is 27.7 Å². The van der Waals surface area contributed by atoms with Crippen LogP contribution < -0.4 is 4.74 Å². The van der Waals surface area contributed by atoms with Crippen LogP contribution in [-0.4, -0.2) is 9.78 Å². The Morgan fingerprint density at radius 2 is 1.37 bits per heavy atom. The maximum Gasteiger partial charge on any atom is 0.130 e. The van der Waals surface area contributed by atoms with E-state index in [0.717, 1.165) is 41.0 Å². The molecule has 0 unspecified atom stereocenters. The third kappa shape index (κ3) is 8.02. The van der Waals surface area contributed by atoms with Gasteiger partial charge in [0.15, 0.2) is 0 Å². The number of hydrogen-bond donors (Lipinski definition) is 0. The molecule has 6 heteroatoms. The topological polar surface area (TPSA) is 27.1 Å². The Morgan fingerprint density at radius 3 is 2.08 bits per heavy atom. The number of rotatable bonds is 14. The zero-order valence-electron chi connectivity index (χ0n) is 21.9. The van der Waals surface area contributed by atoms with Gasteiger partial charge in [-0.2, -0.15) is 5.10 Å². The molecular formula is C32H35Cl3N2O. The van der Waals surface area contributed by atoms with Crippen molar-refractivity contribution in [2.45, 2.75) is 71.4 Å². The normalized spacial score (nSPS) is 11.2. The van der Waals surface area contributed by atoms with Gasteiger partial charge in [0.1, 0.15) is 12.4 Å². The van der Waals surface area contributed by atoms with Crippen molar-refractivity contribution in [1.82, 2.24) is 9.78 Å². The maximum atomic E-state index is 6.64. The van der Waals surface area contributed by atoms with E-state index < -0.39 is 0 Å². The molecule has 0 fully saturated rings. The summed E-state index contributed by atoms with van der Waals surface area (Å²) in [6.07, 6.45) is 10.1. The Kier molecular flexibility index (Phi) is 11.0. The third-order valence-electron chi connectivity index (χ3n) is 6.67. The van der Waals surface area contributed by atoms with Crippen molar-refractivity contribution in [1.29, 1.82) is 0 Å². The lowest BCUT2D eigenvalue weighted by Crippen LogP contribution is -2.03. The number of aromatic nitrogens is 2. The molecule has 0 amide bonds. The molecule has 0 atom stereocenters. The Labute approximate surface area is 241 Å². The zero-order valence-corrected chi connectivity index (χ0v) is 24.2. The predicted octanol–water partition coefficient (Wildman–Crippen LogP) is 10.9. The lowest BCUT2D eigenvalue weighted by molar-refractivity contribution is 0.307. The lowest BCUT2D eigenvalue weighted by Gasteiger charge is -2.11. The van der Waals surface area contributed by atoms with E-state index >= 15 is 0 Å². The Balaban J connectivity index is 1.57. The van der Waals surface area contributed by atoms with E-state index in [1.54, 1.807) is 6.07 Å². The second-order valence-electron chi connectivity index (χ2n) is 9.65. The van der Waals surface area contributed by atoms with Crippen molar-refractivity contribution in [3.63, 3.8) is 0 Å². The van der Waals surface area contributed by atoms with E-state index in [-0.39, 0.29) is 0 Å². The second kappa shape index (κ2) is 14.6. The van der Waals surface area contributed by atoms with E-state index in [0.29, 0.717) is 27.4 Å². The molecule has 200 valence electrons. The van der Waals surface area contributed by atoms with Gasteiger partial charge in [-0.3, -0.25) is 4.68 Å². The minimum Gasteiger partial charge on any atom is -0.488 e. The van der Waals surface area contributed by atoms with Gasteiger partial charge in [0.05, 0.1) is 16.4 Å². The molecule has 3 aromatic carbocycles. The Hall–Kier alpha value is -2.46. The number of ether oxygens (including phenoxy) is 1. The molecule has 1 heterocycles. The summed E-state index contributed by atoms with van der Waals surface area (Å²) in [5.74, 6) is 0.701. The Bertz CT molecular complexity index is 1300. The van der Waals surface area contributed by atoms with E-state index in [2.05, 4.69) is 17.7 Å². The van der Waals surface area contributed by atoms with Crippen molar-refractivity contribution >= 4 is 34.8 Å². The van der Waals surface area contributed by atoms with Crippen LogP contribution in [0.5, 0.6) is 5.75 Å². The highest BCUT2D eigenvalue weighted by Crippen LogP contribution is 2.37. The molecule has 4 rings (SSSR count). The number of benzene rings is 3. The summed E-state index contributed by atoms with van der Waals surface area (Å²) >= 11 is 19.2. The molecule has 0 aliphatic rings. The summed E-state index contributed by atoms with van der Waals surface area (Å²) < 4.78 is 8.30. The van der Waals surface area contributed by atoms with Crippen molar-refractivity contribution in [2.24, 2.45) is 0 Å². The number of aryl methyl sites for hydroxylation is 1. The highest BCUT2D eigenvalue weighted by molar-refractivity contribution is 6.36. The monoisotopic (exact) mass is 568 g/mol. The average Bonchev–Trinajstić information content (AvgIpc) is 3.33. The van der Waals surface area contributed by atoms with Crippen LogP contribution in [0.3, 0.4) is 0 Å². The number of halogens is 3. The first-order valence-corrected chi connectivity index (χ1v) is 14.7. The van der Waals surface area contributed by atoms with Crippen LogP contribution >= 0.6 is 34.8 Å². The first kappa shape index (κ1) is 28.5. The minimum atomic E-state index is 0.447. The second-order valence-corrected chi connectivity index (χ2v) is 10.9. The fourth-order valence-corrected chi connectivity index (χ4v) is 5.26. The van der Waals surface area contributed by atoms with Gasteiger partial charge in [-0.05, 0) is 54.4 Å². The molecule has 0 bridgehead atoms. The van der Waals surface area contributed by atoms with Gasteiger partial charge in [-0.25, -0.2) is 0 Å². The molecule has 0 aliphatic heterocycles. The van der Waals surface area contributed by atoms with E-state index in [1.807, 2.05) is 60.7 Å². The van der Waals surface area contributed by atoms with Gasteiger partial charge in [0.2, 0.25) is 0 Å². The van der Waals surface area contributed by atoms with Crippen LogP contribution in [0.2, 0.25) is 15.1 Å². The molecule has 1 aromatic heterocycles. The van der Waals surface area contributed by atoms with E-state index in [4.69, 9.17) is 44.6 Å². The SMILES string of the molecule is CCCCCCCCCCn1nc(-c2ccc(Cl)cc2OCc2ccccc2)cc1-c1ccc(Cl)cc1Cl. The first-order valence-electron chi connectivity index (χ1n) is 13.5. The molecule has 4 aromatic rings. The molecule has 0 radical (unpaired) electrons. The number of unbranched alkanes of at least 4 members (excludes halogenated alkanes) is 7. The van der Waals surface area contributed by atoms with Gasteiger partial charge in [-0.15, -0.1) is 0 Å². The average molecular weight is 570 g/mol. The fraction of sp³-hybridized carbons (Fsp3) is 0.344. The standard InChI is InChI=1S/C32H35Cl3N2O/c1-2-3-4-5-6-7-8-12-19-37-31(27-17-15-25(33)20-29(27)35)22-30(36-37)28-18-16-26(34)21-32(28)38-23-24-13-10-9-11-14-24/h9-11,13-18,20-22H,2-8,12,19,23H2,1H3. The van der Waals surface area contributed by atoms with Crippen molar-refractivity contribution in [2.75, 3.05) is 0 Å².